The Morgan fingerprint density at radius 1 is 1.25 bits per heavy atom. The Bertz CT molecular complexity index is 107. The fourth-order valence-electron chi connectivity index (χ4n) is 0.127. The molecule has 0 aromatic rings. The van der Waals surface area contributed by atoms with E-state index in [-0.39, 0.29) is 33.3 Å². The van der Waals surface area contributed by atoms with Crippen LogP contribution >= 0.6 is 0 Å². The van der Waals surface area contributed by atoms with Gasteiger partial charge < -0.3 is 17.2 Å². The molecule has 0 heterocycles. The van der Waals surface area contributed by atoms with Gasteiger partial charge >= 0.3 is 6.03 Å². The van der Waals surface area contributed by atoms with Gasteiger partial charge in [0.05, 0.1) is 0 Å². The molecule has 0 saturated carbocycles. The van der Waals surface area contributed by atoms with Crippen LogP contribution in [0.5, 0.6) is 0 Å². The van der Waals surface area contributed by atoms with Gasteiger partial charge in [-0.15, -0.1) is 0 Å². The van der Waals surface area contributed by atoms with Crippen LogP contribution in [-0.4, -0.2) is 39.3 Å². The third-order valence-corrected chi connectivity index (χ3v) is 0.239. The van der Waals surface area contributed by atoms with E-state index in [4.69, 9.17) is 11.5 Å². The molecule has 0 bridgehead atoms. The van der Waals surface area contributed by atoms with E-state index in [1.165, 1.54) is 0 Å². The Labute approximate surface area is 66.5 Å². The summed E-state index contributed by atoms with van der Waals surface area (Å²) >= 11 is 0. The van der Waals surface area contributed by atoms with Crippen molar-refractivity contribution in [3.63, 3.8) is 0 Å². The van der Waals surface area contributed by atoms with Gasteiger partial charge in [0.25, 0.3) is 0 Å². The van der Waals surface area contributed by atoms with Crippen LogP contribution in [0.2, 0.25) is 0 Å². The standard InChI is InChI=1S/C2H6N4O.Pb/c3-1(4)6-2(5)7;/h(H6,3,4,5,6,7);. The van der Waals surface area contributed by atoms with Gasteiger partial charge in [0.15, 0.2) is 5.96 Å². The molecular formula is C2H6N4OPb. The van der Waals surface area contributed by atoms with E-state index in [9.17, 15) is 4.79 Å². The van der Waals surface area contributed by atoms with E-state index in [0.29, 0.717) is 0 Å². The summed E-state index contributed by atoms with van der Waals surface area (Å²) in [6.07, 6.45) is 0. The van der Waals surface area contributed by atoms with Gasteiger partial charge in [-0.2, -0.15) is 4.99 Å². The van der Waals surface area contributed by atoms with E-state index < -0.39 is 6.03 Å². The van der Waals surface area contributed by atoms with Crippen molar-refractivity contribution < 1.29 is 4.79 Å². The number of carbonyl (C=O) groups is 1. The molecule has 0 aliphatic rings. The molecule has 8 heavy (non-hydrogen) atoms. The van der Waals surface area contributed by atoms with Gasteiger partial charge in [-0.3, -0.25) is 0 Å². The maximum absolute atomic E-state index is 9.68. The summed E-state index contributed by atoms with van der Waals surface area (Å²) in [6.45, 7) is 0. The van der Waals surface area contributed by atoms with Crippen molar-refractivity contribution in [2.24, 2.45) is 22.2 Å². The molecule has 44 valence electrons. The van der Waals surface area contributed by atoms with Crippen LogP contribution in [-0.2, 0) is 0 Å². The normalized spacial score (nSPS) is 6.50. The second-order valence-corrected chi connectivity index (χ2v) is 0.875. The minimum atomic E-state index is -0.875. The Morgan fingerprint density at radius 3 is 1.62 bits per heavy atom. The van der Waals surface area contributed by atoms with Gasteiger partial charge in [0.1, 0.15) is 0 Å². The fraction of sp³-hybridized carbons (Fsp3) is 0. The van der Waals surface area contributed by atoms with Crippen molar-refractivity contribution in [2.45, 2.75) is 0 Å². The number of primary amides is 1. The summed E-state index contributed by atoms with van der Waals surface area (Å²) in [4.78, 5) is 12.6. The second-order valence-electron chi connectivity index (χ2n) is 0.875. The smallest absolute Gasteiger partial charge is 0.341 e. The molecule has 0 spiro atoms. The molecule has 4 radical (unpaired) electrons. The molecular weight excluding hydrogens is 303 g/mol. The SMILES string of the molecule is NC(=O)N=C(N)N.[Pb]. The fourth-order valence-corrected chi connectivity index (χ4v) is 0.127. The topological polar surface area (TPSA) is 107 Å². The van der Waals surface area contributed by atoms with Crippen molar-refractivity contribution in [3.8, 4) is 0 Å². The van der Waals surface area contributed by atoms with Crippen molar-refractivity contribution >= 4 is 39.3 Å². The summed E-state index contributed by atoms with van der Waals surface area (Å²) in [5.41, 5.74) is 13.9. The molecule has 0 rings (SSSR count). The number of nitrogens with zero attached hydrogens (tertiary/aromatic N) is 1. The van der Waals surface area contributed by atoms with Crippen LogP contribution in [0.4, 0.5) is 4.79 Å². The minimum Gasteiger partial charge on any atom is -0.370 e. The van der Waals surface area contributed by atoms with Crippen molar-refractivity contribution in [3.05, 3.63) is 0 Å². The van der Waals surface area contributed by atoms with Gasteiger partial charge in [-0.1, -0.05) is 0 Å². The average molecular weight is 309 g/mol. The van der Waals surface area contributed by atoms with Crippen molar-refractivity contribution in [1.82, 2.24) is 0 Å². The van der Waals surface area contributed by atoms with Crippen LogP contribution < -0.4 is 17.2 Å². The van der Waals surface area contributed by atoms with Crippen LogP contribution in [0.15, 0.2) is 4.99 Å². The van der Waals surface area contributed by atoms with E-state index in [0.717, 1.165) is 0 Å². The third kappa shape index (κ3) is 9.18. The molecule has 0 aliphatic carbocycles. The number of guanidine groups is 1. The average Bonchev–Trinajstić information content (AvgIpc) is 1.27. The second kappa shape index (κ2) is 4.81. The summed E-state index contributed by atoms with van der Waals surface area (Å²) in [5.74, 6) is -0.312. The zero-order valence-electron chi connectivity index (χ0n) is 4.09. The summed E-state index contributed by atoms with van der Waals surface area (Å²) in [5, 5.41) is 0. The van der Waals surface area contributed by atoms with E-state index in [1.807, 2.05) is 0 Å². The maximum Gasteiger partial charge on any atom is 0.341 e. The number of rotatable bonds is 0. The molecule has 6 N–H and O–H groups in total. The Morgan fingerprint density at radius 2 is 1.62 bits per heavy atom. The van der Waals surface area contributed by atoms with Gasteiger partial charge in [-0.05, 0) is 0 Å². The first-order valence-corrected chi connectivity index (χ1v) is 1.52. The summed E-state index contributed by atoms with van der Waals surface area (Å²) < 4.78 is 0. The Hall–Kier alpha value is -0.338. The number of carbonyl (C=O) groups excluding carboxylic acids is 1. The molecule has 2 amide bonds. The first kappa shape index (κ1) is 10.6. The van der Waals surface area contributed by atoms with E-state index in [2.05, 4.69) is 10.7 Å². The van der Waals surface area contributed by atoms with E-state index >= 15 is 0 Å². The quantitative estimate of drug-likeness (QED) is 0.272. The third-order valence-electron chi connectivity index (χ3n) is 0.239. The molecule has 0 fully saturated rings. The molecule has 0 aromatic heterocycles. The first-order chi connectivity index (χ1) is 3.13. The van der Waals surface area contributed by atoms with Crippen molar-refractivity contribution in [2.75, 3.05) is 0 Å². The van der Waals surface area contributed by atoms with Gasteiger partial charge in [0, 0.05) is 27.3 Å². The Kier molecular flexibility index (Phi) is 6.38. The molecule has 6 heteroatoms. The maximum atomic E-state index is 9.68. The molecule has 0 atom stereocenters. The number of hydrogen-bond donors (Lipinski definition) is 3. The largest absolute Gasteiger partial charge is 0.370 e. The van der Waals surface area contributed by atoms with E-state index in [1.54, 1.807) is 0 Å². The first-order valence-electron chi connectivity index (χ1n) is 1.52. The van der Waals surface area contributed by atoms with Gasteiger partial charge in [0.2, 0.25) is 0 Å². The predicted octanol–water partition coefficient (Wildman–Crippen LogP) is -2.04. The molecule has 0 saturated heterocycles. The van der Waals surface area contributed by atoms with Crippen LogP contribution in [0, 0.1) is 0 Å². The number of nitrogens with two attached hydrogens (primary N) is 3. The summed E-state index contributed by atoms with van der Waals surface area (Å²) in [7, 11) is 0. The zero-order chi connectivity index (χ0) is 5.86. The monoisotopic (exact) mass is 310 g/mol. The van der Waals surface area contributed by atoms with Crippen LogP contribution in [0.1, 0.15) is 0 Å². The number of hydrogen-bond acceptors (Lipinski definition) is 1. The zero-order valence-corrected chi connectivity index (χ0v) is 7.97. The predicted molar refractivity (Wildman–Crippen MR) is 31.1 cm³/mol. The van der Waals surface area contributed by atoms with Gasteiger partial charge in [-0.25, -0.2) is 4.79 Å². The molecule has 0 unspecified atom stereocenters. The molecule has 5 nitrogen and oxygen atoms in total. The number of urea groups is 1. The van der Waals surface area contributed by atoms with Crippen LogP contribution in [0.25, 0.3) is 0 Å². The molecule has 0 aliphatic heterocycles. The summed E-state index contributed by atoms with van der Waals surface area (Å²) in [6, 6.07) is -0.875. The molecule has 0 aromatic carbocycles. The number of amides is 2. The van der Waals surface area contributed by atoms with Crippen molar-refractivity contribution in [1.29, 1.82) is 0 Å². The minimum absolute atomic E-state index is 0. The Balaban J connectivity index is 0. The number of aliphatic imine (C=N–C) groups is 1. The van der Waals surface area contributed by atoms with Crippen LogP contribution in [0.3, 0.4) is 0 Å².